The highest BCUT2D eigenvalue weighted by molar-refractivity contribution is 5.97. The van der Waals surface area contributed by atoms with Crippen molar-refractivity contribution in [2.45, 2.75) is 33.4 Å². The van der Waals surface area contributed by atoms with Gasteiger partial charge in [0.1, 0.15) is 6.04 Å². The Bertz CT molecular complexity index is 876. The Hall–Kier alpha value is -2.70. The van der Waals surface area contributed by atoms with Crippen LogP contribution in [0, 0.1) is 12.8 Å². The quantitative estimate of drug-likeness (QED) is 0.634. The molecule has 1 heterocycles. The van der Waals surface area contributed by atoms with Crippen molar-refractivity contribution in [3.8, 4) is 0 Å². The van der Waals surface area contributed by atoms with E-state index in [4.69, 9.17) is 0 Å². The molecule has 6 nitrogen and oxygen atoms in total. The van der Waals surface area contributed by atoms with Crippen LogP contribution in [0.5, 0.6) is 0 Å². The minimum absolute atomic E-state index is 0.00490. The molecule has 6 heteroatoms. The van der Waals surface area contributed by atoms with Gasteiger partial charge < -0.3 is 10.6 Å². The molecule has 0 radical (unpaired) electrons. The van der Waals surface area contributed by atoms with Crippen LogP contribution in [0.4, 0.5) is 0 Å². The summed E-state index contributed by atoms with van der Waals surface area (Å²) in [5.41, 5.74) is 2.95. The monoisotopic (exact) mass is 436 g/mol. The van der Waals surface area contributed by atoms with Gasteiger partial charge in [-0.3, -0.25) is 19.4 Å². The van der Waals surface area contributed by atoms with Gasteiger partial charge >= 0.3 is 0 Å². The van der Waals surface area contributed by atoms with E-state index >= 15 is 0 Å². The molecule has 0 saturated carbocycles. The van der Waals surface area contributed by atoms with Crippen molar-refractivity contribution in [2.24, 2.45) is 5.92 Å². The maximum atomic E-state index is 12.8. The lowest BCUT2D eigenvalue weighted by Gasteiger charge is -2.34. The third-order valence-electron chi connectivity index (χ3n) is 5.96. The van der Waals surface area contributed by atoms with Crippen molar-refractivity contribution in [2.75, 3.05) is 39.3 Å². The molecule has 2 aromatic carbocycles. The number of rotatable bonds is 9. The third kappa shape index (κ3) is 7.18. The lowest BCUT2D eigenvalue weighted by atomic mass is 10.0. The van der Waals surface area contributed by atoms with E-state index in [9.17, 15) is 9.59 Å². The van der Waals surface area contributed by atoms with Crippen LogP contribution in [0.15, 0.2) is 54.6 Å². The van der Waals surface area contributed by atoms with Crippen LogP contribution in [0.2, 0.25) is 0 Å². The Labute approximate surface area is 192 Å². The highest BCUT2D eigenvalue weighted by Crippen LogP contribution is 2.09. The number of aryl methyl sites for hydroxylation is 1. The van der Waals surface area contributed by atoms with E-state index < -0.39 is 6.04 Å². The second-order valence-corrected chi connectivity index (χ2v) is 8.96. The zero-order chi connectivity index (χ0) is 22.9. The Kier molecular flexibility index (Phi) is 8.82. The van der Waals surface area contributed by atoms with Crippen LogP contribution in [-0.4, -0.2) is 66.9 Å². The van der Waals surface area contributed by atoms with Gasteiger partial charge in [0.25, 0.3) is 5.91 Å². The molecule has 32 heavy (non-hydrogen) atoms. The largest absolute Gasteiger partial charge is 0.353 e. The van der Waals surface area contributed by atoms with Gasteiger partial charge in [-0.2, -0.15) is 0 Å². The summed E-state index contributed by atoms with van der Waals surface area (Å²) in [6.45, 7) is 12.3. The second-order valence-electron chi connectivity index (χ2n) is 8.96. The first-order valence-corrected chi connectivity index (χ1v) is 11.6. The lowest BCUT2D eigenvalue weighted by Crippen LogP contribution is -2.52. The number of hydrogen-bond donors (Lipinski definition) is 2. The fourth-order valence-electron chi connectivity index (χ4n) is 4.01. The van der Waals surface area contributed by atoms with Crippen LogP contribution in [-0.2, 0) is 11.3 Å². The van der Waals surface area contributed by atoms with Crippen molar-refractivity contribution < 1.29 is 9.59 Å². The summed E-state index contributed by atoms with van der Waals surface area (Å²) in [4.78, 5) is 30.2. The number of nitrogens with zero attached hydrogens (tertiary/aromatic N) is 2. The molecule has 2 aromatic rings. The summed E-state index contributed by atoms with van der Waals surface area (Å²) >= 11 is 0. The molecule has 1 fully saturated rings. The highest BCUT2D eigenvalue weighted by Gasteiger charge is 2.25. The molecule has 2 amide bonds. The molecule has 1 atom stereocenters. The summed E-state index contributed by atoms with van der Waals surface area (Å²) in [7, 11) is 0. The topological polar surface area (TPSA) is 64.7 Å². The first-order valence-electron chi connectivity index (χ1n) is 11.6. The Morgan fingerprint density at radius 2 is 1.62 bits per heavy atom. The average Bonchev–Trinajstić information content (AvgIpc) is 2.79. The van der Waals surface area contributed by atoms with Gasteiger partial charge in [-0.05, 0) is 30.5 Å². The molecule has 0 aromatic heterocycles. The van der Waals surface area contributed by atoms with E-state index in [1.807, 2.05) is 45.0 Å². The van der Waals surface area contributed by atoms with Gasteiger partial charge in [0.05, 0.1) is 0 Å². The van der Waals surface area contributed by atoms with Gasteiger partial charge in [-0.1, -0.05) is 61.9 Å². The molecule has 1 aliphatic rings. The van der Waals surface area contributed by atoms with Crippen LogP contribution in [0.25, 0.3) is 0 Å². The van der Waals surface area contributed by atoms with E-state index in [0.717, 1.165) is 44.8 Å². The molecule has 172 valence electrons. The summed E-state index contributed by atoms with van der Waals surface area (Å²) in [5, 5.41) is 5.93. The fourth-order valence-corrected chi connectivity index (χ4v) is 4.01. The predicted molar refractivity (Wildman–Crippen MR) is 128 cm³/mol. The molecule has 3 rings (SSSR count). The maximum Gasteiger partial charge on any atom is 0.251 e. The van der Waals surface area contributed by atoms with Crippen LogP contribution in [0.1, 0.15) is 35.3 Å². The van der Waals surface area contributed by atoms with Gasteiger partial charge in [0, 0.05) is 51.4 Å². The lowest BCUT2D eigenvalue weighted by molar-refractivity contribution is -0.124. The molecule has 1 aliphatic heterocycles. The van der Waals surface area contributed by atoms with E-state index in [2.05, 4.69) is 44.7 Å². The average molecular weight is 437 g/mol. The van der Waals surface area contributed by atoms with E-state index in [1.54, 1.807) is 6.07 Å². The number of carbonyl (C=O) groups excluding carboxylic acids is 2. The Balaban J connectivity index is 1.40. The van der Waals surface area contributed by atoms with Crippen LogP contribution in [0.3, 0.4) is 0 Å². The Morgan fingerprint density at radius 1 is 0.938 bits per heavy atom. The SMILES string of the molecule is Cc1cccc(C(=O)NC(C(=O)NCCN2CCN(Cc3ccccc3)CC2)C(C)C)c1. The van der Waals surface area contributed by atoms with E-state index in [1.165, 1.54) is 5.56 Å². The van der Waals surface area contributed by atoms with Crippen molar-refractivity contribution >= 4 is 11.8 Å². The molecular formula is C26H36N4O2. The van der Waals surface area contributed by atoms with E-state index in [0.29, 0.717) is 12.1 Å². The normalized spacial score (nSPS) is 16.0. The summed E-state index contributed by atoms with van der Waals surface area (Å²) < 4.78 is 0. The van der Waals surface area contributed by atoms with Crippen LogP contribution < -0.4 is 10.6 Å². The molecule has 1 saturated heterocycles. The van der Waals surface area contributed by atoms with E-state index in [-0.39, 0.29) is 17.7 Å². The Morgan fingerprint density at radius 3 is 2.28 bits per heavy atom. The highest BCUT2D eigenvalue weighted by atomic mass is 16.2. The first-order chi connectivity index (χ1) is 15.4. The van der Waals surface area contributed by atoms with Crippen molar-refractivity contribution in [3.63, 3.8) is 0 Å². The fraction of sp³-hybridized carbons (Fsp3) is 0.462. The maximum absolute atomic E-state index is 12.8. The van der Waals surface area contributed by atoms with Crippen molar-refractivity contribution in [1.82, 2.24) is 20.4 Å². The third-order valence-corrected chi connectivity index (χ3v) is 5.96. The zero-order valence-electron chi connectivity index (χ0n) is 19.5. The molecule has 0 bridgehead atoms. The minimum Gasteiger partial charge on any atom is -0.353 e. The number of carbonyl (C=O) groups is 2. The van der Waals surface area contributed by atoms with Gasteiger partial charge in [-0.15, -0.1) is 0 Å². The van der Waals surface area contributed by atoms with Crippen molar-refractivity contribution in [1.29, 1.82) is 0 Å². The minimum atomic E-state index is -0.550. The molecular weight excluding hydrogens is 400 g/mol. The molecule has 0 aliphatic carbocycles. The summed E-state index contributed by atoms with van der Waals surface area (Å²) in [6.07, 6.45) is 0. The number of benzene rings is 2. The summed E-state index contributed by atoms with van der Waals surface area (Å²) in [5.74, 6) is -0.328. The van der Waals surface area contributed by atoms with Gasteiger partial charge in [-0.25, -0.2) is 0 Å². The molecule has 1 unspecified atom stereocenters. The van der Waals surface area contributed by atoms with Gasteiger partial charge in [0.2, 0.25) is 5.91 Å². The number of piperazine rings is 1. The number of amides is 2. The van der Waals surface area contributed by atoms with Crippen molar-refractivity contribution in [3.05, 3.63) is 71.3 Å². The number of nitrogens with one attached hydrogen (secondary N) is 2. The molecule has 0 spiro atoms. The standard InChI is InChI=1S/C26H36N4O2/c1-20(2)24(28-25(31)23-11-7-8-21(3)18-23)26(32)27-12-13-29-14-16-30(17-15-29)19-22-9-5-4-6-10-22/h4-11,18,20,24H,12-17,19H2,1-3H3,(H,27,32)(H,28,31). The first kappa shape index (κ1) is 24.0. The summed E-state index contributed by atoms with van der Waals surface area (Å²) in [6, 6.07) is 17.4. The van der Waals surface area contributed by atoms with Gasteiger partial charge in [0.15, 0.2) is 0 Å². The zero-order valence-corrected chi connectivity index (χ0v) is 19.5. The predicted octanol–water partition coefficient (Wildman–Crippen LogP) is 2.68. The second kappa shape index (κ2) is 11.8. The smallest absolute Gasteiger partial charge is 0.251 e. The van der Waals surface area contributed by atoms with Crippen LogP contribution >= 0.6 is 0 Å². The number of hydrogen-bond acceptors (Lipinski definition) is 4. The molecule has 2 N–H and O–H groups in total.